The van der Waals surface area contributed by atoms with E-state index in [0.717, 1.165) is 9.46 Å². The Kier molecular flexibility index (Phi) is 5.14. The zero-order chi connectivity index (χ0) is 22.4. The number of Topliss-reactive ketones (excluding diaryl/α,β-unsaturated/α-hetero) is 1. The van der Waals surface area contributed by atoms with Gasteiger partial charge in [0.15, 0.2) is 5.78 Å². The number of carbonyl (C=O) groups is 2. The monoisotopic (exact) mass is 437 g/mol. The lowest BCUT2D eigenvalue weighted by Crippen LogP contribution is -2.39. The van der Waals surface area contributed by atoms with Gasteiger partial charge in [-0.25, -0.2) is 9.78 Å². The van der Waals surface area contributed by atoms with Gasteiger partial charge in [0.2, 0.25) is 5.78 Å². The topological polar surface area (TPSA) is 100 Å². The van der Waals surface area contributed by atoms with Gasteiger partial charge in [0.05, 0.1) is 34.2 Å². The Morgan fingerprint density at radius 3 is 2.29 bits per heavy atom. The maximum Gasteiger partial charge on any atom is 0.332 e. The summed E-state index contributed by atoms with van der Waals surface area (Å²) in [4.78, 5) is 57.2. The molecule has 8 nitrogen and oxygen atoms in total. The van der Waals surface area contributed by atoms with Crippen molar-refractivity contribution in [1.82, 2.24) is 14.1 Å². The van der Waals surface area contributed by atoms with Crippen LogP contribution in [0.2, 0.25) is 0 Å². The number of hydrogen-bond acceptors (Lipinski definition) is 7. The van der Waals surface area contributed by atoms with Crippen molar-refractivity contribution >= 4 is 34.4 Å². The van der Waals surface area contributed by atoms with Crippen LogP contribution in [0.15, 0.2) is 49.7 Å². The van der Waals surface area contributed by atoms with Crippen LogP contribution < -0.4 is 16.0 Å². The molecule has 0 fully saturated rings. The molecule has 0 aliphatic heterocycles. The third kappa shape index (κ3) is 3.21. The van der Waals surface area contributed by atoms with Crippen LogP contribution in [-0.2, 0) is 20.5 Å². The van der Waals surface area contributed by atoms with Crippen LogP contribution in [0, 0.1) is 0 Å². The van der Waals surface area contributed by atoms with Crippen LogP contribution in [0.3, 0.4) is 0 Å². The highest BCUT2D eigenvalue weighted by Crippen LogP contribution is 2.36. The Balaban J connectivity index is 1.94. The van der Waals surface area contributed by atoms with Gasteiger partial charge in [0.25, 0.3) is 5.56 Å². The first-order chi connectivity index (χ1) is 14.8. The number of benzene rings is 1. The number of carbonyl (C=O) groups excluding carboxylic acids is 2. The molecule has 1 aromatic carbocycles. The Labute approximate surface area is 181 Å². The van der Waals surface area contributed by atoms with Crippen molar-refractivity contribution in [2.75, 3.05) is 7.11 Å². The van der Waals surface area contributed by atoms with Gasteiger partial charge in [0.1, 0.15) is 11.4 Å². The number of allylic oxidation sites excluding steroid dienone is 2. The van der Waals surface area contributed by atoms with Crippen molar-refractivity contribution in [2.45, 2.75) is 18.2 Å². The molecule has 31 heavy (non-hydrogen) atoms. The Hall–Kier alpha value is -3.46. The minimum absolute atomic E-state index is 0.0140. The highest BCUT2D eigenvalue weighted by atomic mass is 32.2. The number of aromatic nitrogens is 3. The van der Waals surface area contributed by atoms with Gasteiger partial charge in [-0.15, -0.1) is 0 Å². The molecule has 0 saturated carbocycles. The zero-order valence-electron chi connectivity index (χ0n) is 17.4. The molecular formula is C22H19N3O5S. The normalized spacial score (nSPS) is 13.4. The number of pyridine rings is 1. The van der Waals surface area contributed by atoms with E-state index >= 15 is 0 Å². The molecule has 1 aliphatic rings. The molecule has 0 saturated heterocycles. The molecule has 0 bridgehead atoms. The van der Waals surface area contributed by atoms with Gasteiger partial charge in [-0.3, -0.25) is 23.5 Å². The number of aryl methyl sites for hydroxylation is 2. The van der Waals surface area contributed by atoms with E-state index in [2.05, 4.69) is 4.98 Å². The fraction of sp³-hybridized carbons (Fsp3) is 0.227. The predicted molar refractivity (Wildman–Crippen MR) is 117 cm³/mol. The Morgan fingerprint density at radius 2 is 1.68 bits per heavy atom. The van der Waals surface area contributed by atoms with E-state index in [-0.39, 0.29) is 32.8 Å². The van der Waals surface area contributed by atoms with Crippen molar-refractivity contribution in [3.05, 3.63) is 72.9 Å². The Bertz CT molecular complexity index is 1410. The van der Waals surface area contributed by atoms with Crippen molar-refractivity contribution in [2.24, 2.45) is 14.1 Å². The quantitative estimate of drug-likeness (QED) is 0.617. The molecule has 0 unspecified atom stereocenters. The number of ether oxygens (including phenoxy) is 1. The maximum absolute atomic E-state index is 13.4. The molecule has 0 radical (unpaired) electrons. The molecule has 0 spiro atoms. The van der Waals surface area contributed by atoms with Gasteiger partial charge < -0.3 is 4.74 Å². The highest BCUT2D eigenvalue weighted by Gasteiger charge is 2.33. The number of thioether (sulfide) groups is 1. The van der Waals surface area contributed by atoms with Crippen LogP contribution in [0.25, 0.3) is 11.0 Å². The number of hydrogen-bond donors (Lipinski definition) is 0. The summed E-state index contributed by atoms with van der Waals surface area (Å²) in [5.41, 5.74) is -0.566. The van der Waals surface area contributed by atoms with Crippen molar-refractivity contribution in [3.63, 3.8) is 0 Å². The fourth-order valence-corrected chi connectivity index (χ4v) is 4.50. The molecule has 0 atom stereocenters. The molecule has 4 rings (SSSR count). The molecule has 158 valence electrons. The van der Waals surface area contributed by atoms with E-state index in [0.29, 0.717) is 17.9 Å². The summed E-state index contributed by atoms with van der Waals surface area (Å²) in [5, 5.41) is -0.0140. The first-order valence-corrected chi connectivity index (χ1v) is 10.3. The first kappa shape index (κ1) is 20.8. The van der Waals surface area contributed by atoms with E-state index in [1.165, 1.54) is 36.5 Å². The number of ketones is 2. The van der Waals surface area contributed by atoms with Gasteiger partial charge in [-0.2, -0.15) is 0 Å². The molecule has 9 heteroatoms. The van der Waals surface area contributed by atoms with Gasteiger partial charge in [-0.05, 0) is 30.7 Å². The minimum Gasteiger partial charge on any atom is -0.497 e. The Morgan fingerprint density at radius 1 is 1.00 bits per heavy atom. The standard InChI is InChI=1S/C22H19N3O5S/c1-5-13-16-17(18-20(23-13)24(2)22(29)25(3)21(18)28)14(26)10-15(19(16)27)31-12-8-6-11(30-4)7-9-12/h6-10H,5H2,1-4H3. The summed E-state index contributed by atoms with van der Waals surface area (Å²) in [5.74, 6) is -0.138. The molecule has 0 amide bonds. The summed E-state index contributed by atoms with van der Waals surface area (Å²) < 4.78 is 7.28. The van der Waals surface area contributed by atoms with E-state index in [4.69, 9.17) is 4.74 Å². The second kappa shape index (κ2) is 7.66. The van der Waals surface area contributed by atoms with Crippen LogP contribution >= 0.6 is 11.8 Å². The number of nitrogens with zero attached hydrogens (tertiary/aromatic N) is 3. The molecule has 3 aromatic rings. The number of methoxy groups -OCH3 is 1. The lowest BCUT2D eigenvalue weighted by molar-refractivity contribution is 0.0991. The van der Waals surface area contributed by atoms with Crippen molar-refractivity contribution in [3.8, 4) is 5.75 Å². The molecule has 2 heterocycles. The lowest BCUT2D eigenvalue weighted by atomic mass is 9.90. The van der Waals surface area contributed by atoms with E-state index < -0.39 is 17.0 Å². The van der Waals surface area contributed by atoms with Crippen LogP contribution in [0.1, 0.15) is 33.3 Å². The molecular weight excluding hydrogens is 418 g/mol. The number of fused-ring (bicyclic) bond motifs is 3. The average molecular weight is 437 g/mol. The lowest BCUT2D eigenvalue weighted by Gasteiger charge is -2.20. The van der Waals surface area contributed by atoms with Crippen molar-refractivity contribution < 1.29 is 14.3 Å². The summed E-state index contributed by atoms with van der Waals surface area (Å²) >= 11 is 1.17. The fourth-order valence-electron chi connectivity index (χ4n) is 3.61. The number of rotatable bonds is 4. The second-order valence-electron chi connectivity index (χ2n) is 7.05. The van der Waals surface area contributed by atoms with Crippen LogP contribution in [0.5, 0.6) is 5.75 Å². The van der Waals surface area contributed by atoms with Crippen LogP contribution in [-0.4, -0.2) is 32.8 Å². The first-order valence-electron chi connectivity index (χ1n) is 9.53. The molecule has 2 aromatic heterocycles. The zero-order valence-corrected chi connectivity index (χ0v) is 18.2. The summed E-state index contributed by atoms with van der Waals surface area (Å²) in [7, 11) is 4.38. The van der Waals surface area contributed by atoms with E-state index in [1.54, 1.807) is 38.3 Å². The van der Waals surface area contributed by atoms with Gasteiger partial charge >= 0.3 is 5.69 Å². The molecule has 0 N–H and O–H groups in total. The van der Waals surface area contributed by atoms with Gasteiger partial charge in [0, 0.05) is 25.1 Å². The SMILES string of the molecule is CCc1nc2c(c3c1C(=O)C(Sc1ccc(OC)cc1)=CC3=O)c(=O)n(C)c(=O)n2C. The second-order valence-corrected chi connectivity index (χ2v) is 8.16. The summed E-state index contributed by atoms with van der Waals surface area (Å²) in [6.45, 7) is 1.81. The minimum atomic E-state index is -0.648. The summed E-state index contributed by atoms with van der Waals surface area (Å²) in [6, 6.07) is 7.12. The van der Waals surface area contributed by atoms with Crippen LogP contribution in [0.4, 0.5) is 0 Å². The van der Waals surface area contributed by atoms with E-state index in [9.17, 15) is 19.2 Å². The smallest absolute Gasteiger partial charge is 0.332 e. The van der Waals surface area contributed by atoms with E-state index in [1.807, 2.05) is 0 Å². The molecule has 1 aliphatic carbocycles. The maximum atomic E-state index is 13.4. The average Bonchev–Trinajstić information content (AvgIpc) is 2.78. The predicted octanol–water partition coefficient (Wildman–Crippen LogP) is 2.26. The largest absolute Gasteiger partial charge is 0.497 e. The summed E-state index contributed by atoms with van der Waals surface area (Å²) in [6.07, 6.45) is 1.62. The third-order valence-corrected chi connectivity index (χ3v) is 6.28. The third-order valence-electron chi connectivity index (χ3n) is 5.24. The van der Waals surface area contributed by atoms with Gasteiger partial charge in [-0.1, -0.05) is 18.7 Å². The highest BCUT2D eigenvalue weighted by molar-refractivity contribution is 8.04. The van der Waals surface area contributed by atoms with Crippen molar-refractivity contribution in [1.29, 1.82) is 0 Å².